The Hall–Kier alpha value is -6.00. The molecule has 472 valence electrons. The van der Waals surface area contributed by atoms with Crippen molar-refractivity contribution in [2.24, 2.45) is 0 Å². The van der Waals surface area contributed by atoms with Crippen molar-refractivity contribution in [1.29, 1.82) is 0 Å². The molecular formula is C84H64Au4P4S2+4. The summed E-state index contributed by atoms with van der Waals surface area (Å²) in [5, 5.41) is 16.6. The normalized spacial score (nSPS) is 10.3. The van der Waals surface area contributed by atoms with Gasteiger partial charge in [-0.05, 0) is 119 Å². The number of hydrogen-bond acceptors (Lipinski definition) is 2. The van der Waals surface area contributed by atoms with Crippen LogP contribution in [0.4, 0.5) is 0 Å². The van der Waals surface area contributed by atoms with Crippen LogP contribution in [0.1, 0.15) is 22.3 Å². The molecule has 10 heteroatoms. The molecule has 0 aliphatic heterocycles. The van der Waals surface area contributed by atoms with Gasteiger partial charge in [0.25, 0.3) is 0 Å². The molecule has 0 unspecified atom stereocenters. The molecule has 0 amide bonds. The predicted molar refractivity (Wildman–Crippen MR) is 405 cm³/mol. The van der Waals surface area contributed by atoms with E-state index in [1.807, 2.05) is 72.8 Å². The first-order valence-corrected chi connectivity index (χ1v) is 38.4. The van der Waals surface area contributed by atoms with Gasteiger partial charge in [0.2, 0.25) is 0 Å². The van der Waals surface area contributed by atoms with Gasteiger partial charge >= 0.3 is 89.5 Å². The number of rotatable bonds is 14. The van der Waals surface area contributed by atoms with E-state index in [1.54, 1.807) is 22.7 Å². The Bertz CT molecular complexity index is 4010. The van der Waals surface area contributed by atoms with Gasteiger partial charge in [-0.15, -0.1) is 93.5 Å². The molecule has 0 fully saturated rings. The van der Waals surface area contributed by atoms with Crippen molar-refractivity contribution in [3.8, 4) is 23.7 Å². The van der Waals surface area contributed by atoms with Gasteiger partial charge in [0.05, 0.1) is 74.1 Å². The molecule has 0 aliphatic rings. The van der Waals surface area contributed by atoms with Crippen LogP contribution in [-0.2, 0) is 89.5 Å². The fourth-order valence-corrected chi connectivity index (χ4v) is 25.8. The smallest absolute Gasteiger partial charge is 0.366 e. The molecular weight excluding hydrogens is 1980 g/mol. The third kappa shape index (κ3) is 20.1. The van der Waals surface area contributed by atoms with Crippen LogP contribution in [0.3, 0.4) is 0 Å². The van der Waals surface area contributed by atoms with Crippen LogP contribution in [0, 0.1) is 49.4 Å². The molecule has 0 saturated carbocycles. The third-order valence-corrected chi connectivity index (χ3v) is 30.3. The molecule has 0 bridgehead atoms. The SMILES string of the molecule is [Au+].[Au+].[Au+].[Au+].[C-]#Cc1ccc2sc3ccc(C#[C-])cc3c2c1.[C-]#Cc1ccc2sc3ccc(C#[C-])cc3c2c1.c1ccc([PH+](CC[PH+](c2ccccc2)c2ccccc2)c2ccccc2)cc1.c1ccc([PH+](CC[PH+](c2ccccc2)c2ccccc2)c2ccccc2)cc1. The van der Waals surface area contributed by atoms with Gasteiger partial charge in [0.1, 0.15) is 24.6 Å². The van der Waals surface area contributed by atoms with Crippen LogP contribution in [0.2, 0.25) is 0 Å². The molecule has 94 heavy (non-hydrogen) atoms. The summed E-state index contributed by atoms with van der Waals surface area (Å²) in [5.41, 5.74) is 3.12. The molecule has 12 aromatic carbocycles. The summed E-state index contributed by atoms with van der Waals surface area (Å²) in [4.78, 5) is 0. The Balaban J connectivity index is 0.000000179. The standard InChI is InChI=1S/2C26H24P2.2C16H6S.4Au/c2*1-5-13-23(14-6-1)27(24-15-7-2-8-16-24)21-22-28(25-17-9-3-10-18-25)26-19-11-4-12-20-26;2*1-3-11-5-7-15-13(9-11)14-10-12(4-2)6-8-16(14)17-15;;;;/h2*1-20H,21-22H2;2*5-10H;;;;/q;;2*-2;4*+1/p+4. The number of hydrogen-bond donors (Lipinski definition) is 0. The van der Waals surface area contributed by atoms with E-state index in [1.165, 1.54) is 85.9 Å². The van der Waals surface area contributed by atoms with E-state index in [0.29, 0.717) is 0 Å². The number of benzene rings is 12. The summed E-state index contributed by atoms with van der Waals surface area (Å²) >= 11 is 3.44. The Labute approximate surface area is 631 Å². The molecule has 0 radical (unpaired) electrons. The molecule has 0 aliphatic carbocycles. The molecule has 0 nitrogen and oxygen atoms in total. The fourth-order valence-electron chi connectivity index (χ4n) is 11.3. The minimum Gasteiger partial charge on any atom is -0.366 e. The molecule has 0 saturated heterocycles. The van der Waals surface area contributed by atoms with Crippen molar-refractivity contribution in [2.45, 2.75) is 0 Å². The maximum Gasteiger partial charge on any atom is 1.00 e. The largest absolute Gasteiger partial charge is 1.00 e. The topological polar surface area (TPSA) is 0 Å². The van der Waals surface area contributed by atoms with Gasteiger partial charge in [-0.25, -0.2) is 0 Å². The summed E-state index contributed by atoms with van der Waals surface area (Å²) in [6.45, 7) is 0. The zero-order valence-corrected chi connectivity index (χ0v) is 65.2. The van der Waals surface area contributed by atoms with E-state index in [2.05, 4.69) is 266 Å². The Morgan fingerprint density at radius 1 is 0.213 bits per heavy atom. The van der Waals surface area contributed by atoms with Crippen molar-refractivity contribution in [3.63, 3.8) is 0 Å². The maximum atomic E-state index is 7.17. The molecule has 0 atom stereocenters. The molecule has 2 heterocycles. The van der Waals surface area contributed by atoms with E-state index in [4.69, 9.17) is 25.7 Å². The summed E-state index contributed by atoms with van der Waals surface area (Å²) in [6.07, 6.45) is 33.7. The molecule has 14 aromatic rings. The molecule has 14 rings (SSSR count). The van der Waals surface area contributed by atoms with Crippen LogP contribution in [0.25, 0.3) is 40.3 Å². The quantitative estimate of drug-likeness (QED) is 0.0441. The maximum absolute atomic E-state index is 7.17. The van der Waals surface area contributed by atoms with Crippen LogP contribution >= 0.6 is 54.4 Å². The third-order valence-electron chi connectivity index (χ3n) is 15.7. The van der Waals surface area contributed by atoms with E-state index in [-0.39, 0.29) is 89.5 Å². The van der Waals surface area contributed by atoms with Crippen molar-refractivity contribution >= 4 is 137 Å². The monoisotopic (exact) mass is 2050 g/mol. The Morgan fingerprint density at radius 2 is 0.362 bits per heavy atom. The van der Waals surface area contributed by atoms with Crippen LogP contribution in [0.5, 0.6) is 0 Å². The zero-order valence-electron chi connectivity index (χ0n) is 50.9. The van der Waals surface area contributed by atoms with Crippen molar-refractivity contribution in [1.82, 2.24) is 0 Å². The van der Waals surface area contributed by atoms with Gasteiger partial charge in [0.15, 0.2) is 0 Å². The van der Waals surface area contributed by atoms with Gasteiger partial charge < -0.3 is 25.7 Å². The first-order valence-electron chi connectivity index (χ1n) is 30.0. The average molecular weight is 2050 g/mol. The minimum atomic E-state index is -0.783. The molecule has 0 spiro atoms. The second-order valence-electron chi connectivity index (χ2n) is 21.4. The molecule has 2 aromatic heterocycles. The second-order valence-corrected chi connectivity index (χ2v) is 34.0. The summed E-state index contributed by atoms with van der Waals surface area (Å²) in [6, 6.07) is 113. The summed E-state index contributed by atoms with van der Waals surface area (Å²) in [7, 11) is -3.13. The average Bonchev–Trinajstić information content (AvgIpc) is 1.64. The summed E-state index contributed by atoms with van der Waals surface area (Å²) < 4.78 is 4.78. The molecule has 0 N–H and O–H groups in total. The van der Waals surface area contributed by atoms with Crippen LogP contribution in [0.15, 0.2) is 315 Å². The van der Waals surface area contributed by atoms with E-state index < -0.39 is 31.7 Å². The van der Waals surface area contributed by atoms with Gasteiger partial charge in [0, 0.05) is 18.8 Å². The second kappa shape index (κ2) is 39.3. The van der Waals surface area contributed by atoms with E-state index in [9.17, 15) is 0 Å². The first-order chi connectivity index (χ1) is 44.5. The van der Waals surface area contributed by atoms with Gasteiger partial charge in [-0.3, -0.25) is 23.7 Å². The van der Waals surface area contributed by atoms with Gasteiger partial charge in [-0.2, -0.15) is 0 Å². The Morgan fingerprint density at radius 3 is 0.500 bits per heavy atom. The van der Waals surface area contributed by atoms with Gasteiger partial charge in [-0.1, -0.05) is 170 Å². The van der Waals surface area contributed by atoms with E-state index in [0.717, 1.165) is 43.8 Å². The van der Waals surface area contributed by atoms with Crippen molar-refractivity contribution in [3.05, 3.63) is 363 Å². The minimum absolute atomic E-state index is 0. The van der Waals surface area contributed by atoms with Crippen LogP contribution < -0.4 is 42.4 Å². The summed E-state index contributed by atoms with van der Waals surface area (Å²) in [5.74, 6) is 9.62. The zero-order chi connectivity index (χ0) is 61.7. The predicted octanol–water partition coefficient (Wildman–Crippen LogP) is 17.3. The van der Waals surface area contributed by atoms with Crippen molar-refractivity contribution < 1.29 is 89.5 Å². The van der Waals surface area contributed by atoms with Crippen molar-refractivity contribution in [2.75, 3.05) is 24.6 Å². The Kier molecular flexibility index (Phi) is 31.5. The van der Waals surface area contributed by atoms with E-state index >= 15 is 0 Å². The number of fused-ring (bicyclic) bond motifs is 6. The number of thiophene rings is 2. The van der Waals surface area contributed by atoms with Crippen LogP contribution in [-0.4, -0.2) is 24.6 Å². The first kappa shape index (κ1) is 75.4. The fraction of sp³-hybridized carbons (Fsp3) is 0.0476.